The summed E-state index contributed by atoms with van der Waals surface area (Å²) >= 11 is 1.33. The first-order valence-corrected chi connectivity index (χ1v) is 16.6. The summed E-state index contributed by atoms with van der Waals surface area (Å²) in [4.78, 5) is 30.3. The van der Waals surface area contributed by atoms with Gasteiger partial charge in [0.25, 0.3) is 5.91 Å². The van der Waals surface area contributed by atoms with Crippen molar-refractivity contribution in [3.8, 4) is 10.4 Å². The molecule has 0 atom stereocenters. The summed E-state index contributed by atoms with van der Waals surface area (Å²) in [7, 11) is -3.76. The summed E-state index contributed by atoms with van der Waals surface area (Å²) in [6.07, 6.45) is 7.57. The van der Waals surface area contributed by atoms with Crippen LogP contribution in [0.3, 0.4) is 0 Å². The topological polar surface area (TPSA) is 125 Å². The summed E-state index contributed by atoms with van der Waals surface area (Å²) in [5, 5.41) is 12.5. The third kappa shape index (κ3) is 7.31. The van der Waals surface area contributed by atoms with E-state index in [2.05, 4.69) is 10.0 Å². The lowest BCUT2D eigenvalue weighted by atomic mass is 9.80. The Kier molecular flexibility index (Phi) is 8.83. The maximum absolute atomic E-state index is 13.4. The molecule has 2 aromatic rings. The third-order valence-electron chi connectivity index (χ3n) is 7.70. The van der Waals surface area contributed by atoms with Crippen LogP contribution >= 0.6 is 11.3 Å². The van der Waals surface area contributed by atoms with Crippen molar-refractivity contribution in [2.45, 2.75) is 115 Å². The number of sulfonamides is 1. The van der Waals surface area contributed by atoms with Gasteiger partial charge in [0.1, 0.15) is 0 Å². The van der Waals surface area contributed by atoms with E-state index in [4.69, 9.17) is 10.1 Å². The van der Waals surface area contributed by atoms with Crippen LogP contribution in [0.5, 0.6) is 0 Å². The van der Waals surface area contributed by atoms with Crippen LogP contribution in [0.25, 0.3) is 10.4 Å². The third-order valence-corrected chi connectivity index (χ3v) is 10.7. The number of nitrogens with one attached hydrogen (secondary N) is 2. The van der Waals surface area contributed by atoms with Crippen molar-refractivity contribution in [3.05, 3.63) is 34.5 Å². The van der Waals surface area contributed by atoms with Crippen molar-refractivity contribution in [1.82, 2.24) is 15.0 Å². The molecular formula is C30H43N3O5S2. The highest BCUT2D eigenvalue weighted by atomic mass is 32.2. The largest absolute Gasteiger partial charge is 0.481 e. The molecule has 8 nitrogen and oxygen atoms in total. The van der Waals surface area contributed by atoms with Crippen LogP contribution in [-0.2, 0) is 26.7 Å². The zero-order chi connectivity index (χ0) is 29.5. The average molecular weight is 590 g/mol. The van der Waals surface area contributed by atoms with Crippen molar-refractivity contribution in [3.63, 3.8) is 0 Å². The van der Waals surface area contributed by atoms with Gasteiger partial charge in [0.2, 0.25) is 10.0 Å². The minimum atomic E-state index is -3.76. The summed E-state index contributed by atoms with van der Waals surface area (Å²) in [5.41, 5.74) is 1.38. The Labute approximate surface area is 242 Å². The number of hydrogen-bond donors (Lipinski definition) is 3. The number of carbonyl (C=O) groups is 2. The van der Waals surface area contributed by atoms with Gasteiger partial charge in [-0.15, -0.1) is 11.3 Å². The number of hydrogen-bond acceptors (Lipinski definition) is 6. The fourth-order valence-corrected chi connectivity index (χ4v) is 8.42. The van der Waals surface area contributed by atoms with E-state index < -0.39 is 32.9 Å². The molecule has 0 radical (unpaired) electrons. The van der Waals surface area contributed by atoms with Crippen LogP contribution in [0.4, 0.5) is 0 Å². The molecule has 0 spiro atoms. The lowest BCUT2D eigenvalue weighted by molar-refractivity contribution is -0.145. The molecule has 40 heavy (non-hydrogen) atoms. The molecule has 1 aromatic carbocycles. The summed E-state index contributed by atoms with van der Waals surface area (Å²) in [6, 6.07) is 5.29. The number of aromatic nitrogens is 1. The van der Waals surface area contributed by atoms with Gasteiger partial charge in [-0.3, -0.25) is 9.59 Å². The van der Waals surface area contributed by atoms with Crippen molar-refractivity contribution in [2.75, 3.05) is 0 Å². The highest BCUT2D eigenvalue weighted by Gasteiger charge is 2.36. The van der Waals surface area contributed by atoms with Gasteiger partial charge < -0.3 is 10.4 Å². The zero-order valence-electron chi connectivity index (χ0n) is 24.5. The number of carboxylic acid groups (broad SMARTS) is 1. The minimum Gasteiger partial charge on any atom is -0.481 e. The molecule has 2 aliphatic carbocycles. The van der Waals surface area contributed by atoms with Crippen molar-refractivity contribution >= 4 is 33.2 Å². The quantitative estimate of drug-likeness (QED) is 0.352. The lowest BCUT2D eigenvalue weighted by Crippen LogP contribution is -2.46. The van der Waals surface area contributed by atoms with Crippen LogP contribution in [0, 0.1) is 11.8 Å². The molecule has 2 saturated carbocycles. The Balaban J connectivity index is 1.71. The van der Waals surface area contributed by atoms with Gasteiger partial charge in [-0.05, 0) is 74.6 Å². The molecule has 10 heteroatoms. The molecule has 4 rings (SSSR count). The Morgan fingerprint density at radius 1 is 1.05 bits per heavy atom. The molecule has 1 amide bonds. The highest BCUT2D eigenvalue weighted by Crippen LogP contribution is 2.39. The zero-order valence-corrected chi connectivity index (χ0v) is 26.1. The molecule has 1 aromatic heterocycles. The van der Waals surface area contributed by atoms with E-state index in [1.807, 2.05) is 53.7 Å². The van der Waals surface area contributed by atoms with E-state index in [0.29, 0.717) is 29.3 Å². The van der Waals surface area contributed by atoms with Crippen LogP contribution < -0.4 is 10.0 Å². The number of rotatable bonds is 8. The minimum absolute atomic E-state index is 0.157. The predicted molar refractivity (Wildman–Crippen MR) is 158 cm³/mol. The summed E-state index contributed by atoms with van der Waals surface area (Å²) in [6.45, 7) is 11.5. The molecule has 0 saturated heterocycles. The van der Waals surface area contributed by atoms with Gasteiger partial charge in [-0.2, -0.15) is 0 Å². The highest BCUT2D eigenvalue weighted by molar-refractivity contribution is 7.89. The standard InChI is InChI=1S/C30H43N3O5S2/c1-29(2,3)22-17-19(12-13-24(22)40(37,38)33-30(4,5)6)25-23(14-18-10-8-7-9-11-18)32-27(39-25)26(34)31-21-15-20(16-21)28(35)36/h12-13,17-18,20-21,33H,7-11,14-16H2,1-6H3,(H,31,34)(H,35,36). The number of amides is 1. The molecule has 2 fully saturated rings. The fourth-order valence-electron chi connectivity index (χ4n) is 5.61. The molecule has 1 heterocycles. The smallest absolute Gasteiger partial charge is 0.306 e. The van der Waals surface area contributed by atoms with Crippen LogP contribution in [-0.4, -0.2) is 42.0 Å². The number of aliphatic carboxylic acids is 1. The van der Waals surface area contributed by atoms with Crippen LogP contribution in [0.1, 0.15) is 108 Å². The number of thiazole rings is 1. The first-order valence-electron chi connectivity index (χ1n) is 14.3. The molecule has 220 valence electrons. The number of carbonyl (C=O) groups excluding carboxylic acids is 1. The van der Waals surface area contributed by atoms with Gasteiger partial charge in [0.05, 0.1) is 21.4 Å². The Morgan fingerprint density at radius 3 is 2.27 bits per heavy atom. The molecule has 2 aliphatic rings. The Morgan fingerprint density at radius 2 is 1.70 bits per heavy atom. The second-order valence-electron chi connectivity index (χ2n) is 13.5. The SMILES string of the molecule is CC(C)(C)NS(=O)(=O)c1ccc(-c2sc(C(=O)NC3CC(C(=O)O)C3)nc2CC2CCCCC2)cc1C(C)(C)C. The normalized spacial score (nSPS) is 20.6. The number of carboxylic acids is 1. The van der Waals surface area contributed by atoms with E-state index in [-0.39, 0.29) is 16.8 Å². The van der Waals surface area contributed by atoms with Crippen molar-refractivity contribution < 1.29 is 23.1 Å². The number of nitrogens with zero attached hydrogens (tertiary/aromatic N) is 1. The first kappa shape index (κ1) is 30.7. The summed E-state index contributed by atoms with van der Waals surface area (Å²) in [5.74, 6) is -1.00. The van der Waals surface area contributed by atoms with Gasteiger partial charge >= 0.3 is 5.97 Å². The molecule has 3 N–H and O–H groups in total. The van der Waals surface area contributed by atoms with Crippen molar-refractivity contribution in [2.24, 2.45) is 11.8 Å². The molecule has 0 aliphatic heterocycles. The fraction of sp³-hybridized carbons (Fsp3) is 0.633. The van der Waals surface area contributed by atoms with Gasteiger partial charge in [-0.25, -0.2) is 18.1 Å². The maximum atomic E-state index is 13.4. The van der Waals surface area contributed by atoms with Gasteiger partial charge in [-0.1, -0.05) is 58.9 Å². The van der Waals surface area contributed by atoms with E-state index in [0.717, 1.165) is 35.4 Å². The maximum Gasteiger partial charge on any atom is 0.306 e. The lowest BCUT2D eigenvalue weighted by Gasteiger charge is -2.32. The average Bonchev–Trinajstić information content (AvgIpc) is 3.22. The Hall–Kier alpha value is -2.30. The summed E-state index contributed by atoms with van der Waals surface area (Å²) < 4.78 is 29.5. The second kappa shape index (κ2) is 11.5. The van der Waals surface area contributed by atoms with E-state index in [9.17, 15) is 18.0 Å². The molecule has 0 unspecified atom stereocenters. The van der Waals surface area contributed by atoms with Gasteiger partial charge in [0.15, 0.2) is 5.01 Å². The van der Waals surface area contributed by atoms with E-state index in [1.54, 1.807) is 6.07 Å². The Bertz CT molecular complexity index is 1360. The second-order valence-corrected chi connectivity index (χ2v) is 16.1. The number of benzene rings is 1. The molecular weight excluding hydrogens is 546 g/mol. The van der Waals surface area contributed by atoms with Gasteiger partial charge in [0, 0.05) is 11.6 Å². The molecule has 0 bridgehead atoms. The van der Waals surface area contributed by atoms with Crippen LogP contribution in [0.15, 0.2) is 23.1 Å². The van der Waals surface area contributed by atoms with Crippen LogP contribution in [0.2, 0.25) is 0 Å². The van der Waals surface area contributed by atoms with E-state index in [1.165, 1.54) is 30.6 Å². The van der Waals surface area contributed by atoms with Crippen molar-refractivity contribution in [1.29, 1.82) is 0 Å². The predicted octanol–water partition coefficient (Wildman–Crippen LogP) is 5.90. The first-order chi connectivity index (χ1) is 18.5. The monoisotopic (exact) mass is 589 g/mol. The van der Waals surface area contributed by atoms with E-state index >= 15 is 0 Å².